The fraction of sp³-hybridized carbons (Fsp3) is 0.300. The zero-order valence-corrected chi connectivity index (χ0v) is 16.4. The van der Waals surface area contributed by atoms with Crippen LogP contribution >= 0.6 is 23.1 Å². The van der Waals surface area contributed by atoms with E-state index in [9.17, 15) is 10.1 Å². The van der Waals surface area contributed by atoms with Crippen molar-refractivity contribution < 1.29 is 4.79 Å². The molecule has 0 spiro atoms. The number of thiophene rings is 1. The zero-order chi connectivity index (χ0) is 18.3. The summed E-state index contributed by atoms with van der Waals surface area (Å²) >= 11 is 3.20. The van der Waals surface area contributed by atoms with Crippen LogP contribution in [-0.2, 0) is 4.79 Å². The highest BCUT2D eigenvalue weighted by molar-refractivity contribution is 8.03. The van der Waals surface area contributed by atoms with Crippen LogP contribution in [-0.4, -0.2) is 23.4 Å². The van der Waals surface area contributed by atoms with Crippen LogP contribution in [0, 0.1) is 25.2 Å². The Labute approximate surface area is 161 Å². The molecule has 3 heterocycles. The van der Waals surface area contributed by atoms with Gasteiger partial charge in [0.2, 0.25) is 5.91 Å². The molecule has 132 valence electrons. The number of nitriles is 1. The second kappa shape index (κ2) is 6.82. The van der Waals surface area contributed by atoms with Crippen LogP contribution in [0.2, 0.25) is 0 Å². The number of allylic oxidation sites excluding steroid dienone is 1. The lowest BCUT2D eigenvalue weighted by Crippen LogP contribution is -2.47. The molecule has 0 saturated carbocycles. The third-order valence-corrected chi connectivity index (χ3v) is 7.18. The molecule has 0 N–H and O–H groups in total. The second-order valence-electron chi connectivity index (χ2n) is 6.65. The molecule has 0 bridgehead atoms. The van der Waals surface area contributed by atoms with Crippen molar-refractivity contribution in [1.29, 1.82) is 5.26 Å². The first kappa shape index (κ1) is 17.2. The van der Waals surface area contributed by atoms with Gasteiger partial charge in [0, 0.05) is 22.9 Å². The van der Waals surface area contributed by atoms with E-state index in [2.05, 4.69) is 43.0 Å². The van der Waals surface area contributed by atoms with Gasteiger partial charge in [-0.15, -0.1) is 11.3 Å². The van der Waals surface area contributed by atoms with Gasteiger partial charge in [0.1, 0.15) is 0 Å². The second-order valence-corrected chi connectivity index (χ2v) is 8.56. The largest absolute Gasteiger partial charge is 0.344 e. The van der Waals surface area contributed by atoms with E-state index in [1.807, 2.05) is 17.5 Å². The molecule has 0 aliphatic carbocycles. The Kier molecular flexibility index (Phi) is 4.51. The highest BCUT2D eigenvalue weighted by Crippen LogP contribution is 2.44. The lowest BCUT2D eigenvalue weighted by Gasteiger charge is -2.42. The summed E-state index contributed by atoms with van der Waals surface area (Å²) in [4.78, 5) is 17.9. The van der Waals surface area contributed by atoms with Gasteiger partial charge in [-0.25, -0.2) is 0 Å². The molecular weight excluding hydrogens is 362 g/mol. The lowest BCUT2D eigenvalue weighted by atomic mass is 9.92. The van der Waals surface area contributed by atoms with Crippen molar-refractivity contribution in [2.45, 2.75) is 26.2 Å². The smallest absolute Gasteiger partial charge is 0.229 e. The first-order valence-electron chi connectivity index (χ1n) is 8.51. The van der Waals surface area contributed by atoms with Crippen molar-refractivity contribution in [1.82, 2.24) is 4.90 Å². The van der Waals surface area contributed by atoms with E-state index in [1.54, 1.807) is 28.0 Å². The van der Waals surface area contributed by atoms with Crippen molar-refractivity contribution in [2.75, 3.05) is 17.4 Å². The molecule has 1 amide bonds. The Morgan fingerprint density at radius 1 is 1.23 bits per heavy atom. The Morgan fingerprint density at radius 2 is 2.08 bits per heavy atom. The van der Waals surface area contributed by atoms with Gasteiger partial charge < -0.3 is 4.90 Å². The summed E-state index contributed by atoms with van der Waals surface area (Å²) in [5, 5.41) is 12.6. The number of thioether (sulfide) groups is 1. The van der Waals surface area contributed by atoms with Crippen molar-refractivity contribution in [3.05, 3.63) is 62.3 Å². The third kappa shape index (κ3) is 2.91. The summed E-state index contributed by atoms with van der Waals surface area (Å²) in [6.07, 6.45) is 0.369. The van der Waals surface area contributed by atoms with Crippen molar-refractivity contribution in [2.24, 2.45) is 0 Å². The Balaban J connectivity index is 1.66. The van der Waals surface area contributed by atoms with Crippen molar-refractivity contribution in [3.8, 4) is 6.07 Å². The molecular formula is C20H19N3OS2. The topological polar surface area (TPSA) is 47.3 Å². The number of hydrogen-bond acceptors (Lipinski definition) is 5. The maximum absolute atomic E-state index is 12.8. The number of amides is 1. The molecule has 2 aromatic rings. The third-order valence-electron chi connectivity index (χ3n) is 5.04. The van der Waals surface area contributed by atoms with Crippen LogP contribution in [0.5, 0.6) is 0 Å². The van der Waals surface area contributed by atoms with Gasteiger partial charge in [0.25, 0.3) is 0 Å². The summed E-state index contributed by atoms with van der Waals surface area (Å²) in [7, 11) is 0. The van der Waals surface area contributed by atoms with Gasteiger partial charge in [0.05, 0.1) is 29.2 Å². The van der Waals surface area contributed by atoms with Crippen LogP contribution in [0.15, 0.2) is 46.3 Å². The minimum atomic E-state index is -0.0978. The molecule has 2 aliphatic rings. The molecule has 1 aromatic heterocycles. The van der Waals surface area contributed by atoms with Crippen LogP contribution in [0.1, 0.15) is 28.3 Å². The van der Waals surface area contributed by atoms with Gasteiger partial charge in [0.15, 0.2) is 0 Å². The van der Waals surface area contributed by atoms with E-state index in [4.69, 9.17) is 0 Å². The van der Waals surface area contributed by atoms with Gasteiger partial charge in [-0.2, -0.15) is 5.26 Å². The highest BCUT2D eigenvalue weighted by Gasteiger charge is 2.38. The van der Waals surface area contributed by atoms with Gasteiger partial charge >= 0.3 is 0 Å². The first-order chi connectivity index (χ1) is 12.6. The standard InChI is InChI=1S/C20H19N3OS2/c1-13-5-6-15(8-14(13)2)22-11-23-19(24)9-16(18-4-3-7-25-18)17(10-21)20(23)26-12-22/h3-8,16H,9,11-12H2,1-2H3/t16-/m1/s1. The monoisotopic (exact) mass is 381 g/mol. The van der Waals surface area contributed by atoms with Crippen LogP contribution < -0.4 is 4.90 Å². The molecule has 1 atom stereocenters. The SMILES string of the molecule is Cc1ccc(N2CSC3=C(C#N)[C@H](c4cccs4)CC(=O)N3C2)cc1C. The maximum atomic E-state index is 12.8. The fourth-order valence-corrected chi connectivity index (χ4v) is 5.39. The minimum Gasteiger partial charge on any atom is -0.344 e. The molecule has 1 aromatic carbocycles. The maximum Gasteiger partial charge on any atom is 0.229 e. The number of carbonyl (C=O) groups excluding carboxylic acids is 1. The van der Waals surface area contributed by atoms with E-state index < -0.39 is 0 Å². The fourth-order valence-electron chi connectivity index (χ4n) is 3.38. The summed E-state index contributed by atoms with van der Waals surface area (Å²) in [6, 6.07) is 12.8. The van der Waals surface area contributed by atoms with E-state index >= 15 is 0 Å². The van der Waals surface area contributed by atoms with E-state index in [-0.39, 0.29) is 11.8 Å². The Hall–Kier alpha value is -2.23. The predicted molar refractivity (Wildman–Crippen MR) is 107 cm³/mol. The minimum absolute atomic E-state index is 0.0958. The van der Waals surface area contributed by atoms with E-state index in [0.717, 1.165) is 27.0 Å². The zero-order valence-electron chi connectivity index (χ0n) is 14.7. The number of fused-ring (bicyclic) bond motifs is 1. The summed E-state index contributed by atoms with van der Waals surface area (Å²) < 4.78 is 0. The number of nitrogens with zero attached hydrogens (tertiary/aromatic N) is 3. The van der Waals surface area contributed by atoms with Crippen molar-refractivity contribution >= 4 is 34.7 Å². The van der Waals surface area contributed by atoms with Gasteiger partial charge in [-0.05, 0) is 48.6 Å². The number of benzene rings is 1. The quantitative estimate of drug-likeness (QED) is 0.764. The highest BCUT2D eigenvalue weighted by atomic mass is 32.2. The molecule has 2 aliphatic heterocycles. The summed E-state index contributed by atoms with van der Waals surface area (Å²) in [5.41, 5.74) is 4.36. The van der Waals surface area contributed by atoms with E-state index in [1.165, 1.54) is 11.1 Å². The molecule has 1 saturated heterocycles. The molecule has 26 heavy (non-hydrogen) atoms. The Morgan fingerprint density at radius 3 is 2.77 bits per heavy atom. The average molecular weight is 382 g/mol. The molecule has 1 fully saturated rings. The van der Waals surface area contributed by atoms with Gasteiger partial charge in [-0.1, -0.05) is 23.9 Å². The van der Waals surface area contributed by atoms with Crippen molar-refractivity contribution in [3.63, 3.8) is 0 Å². The van der Waals surface area contributed by atoms with E-state index in [0.29, 0.717) is 13.1 Å². The van der Waals surface area contributed by atoms with Crippen LogP contribution in [0.25, 0.3) is 0 Å². The normalized spacial score (nSPS) is 20.2. The van der Waals surface area contributed by atoms with Crippen LogP contribution in [0.4, 0.5) is 5.69 Å². The number of anilines is 1. The number of carbonyl (C=O) groups is 1. The Bertz CT molecular complexity index is 927. The number of hydrogen-bond donors (Lipinski definition) is 0. The molecule has 0 unspecified atom stereocenters. The molecule has 4 nitrogen and oxygen atoms in total. The lowest BCUT2D eigenvalue weighted by molar-refractivity contribution is -0.129. The van der Waals surface area contributed by atoms with Crippen LogP contribution in [0.3, 0.4) is 0 Å². The summed E-state index contributed by atoms with van der Waals surface area (Å²) in [6.45, 7) is 4.71. The number of aryl methyl sites for hydroxylation is 2. The molecule has 4 rings (SSSR count). The first-order valence-corrected chi connectivity index (χ1v) is 10.4. The average Bonchev–Trinajstić information content (AvgIpc) is 3.18. The molecule has 0 radical (unpaired) electrons. The number of rotatable bonds is 2. The predicted octanol–water partition coefficient (Wildman–Crippen LogP) is 4.58. The summed E-state index contributed by atoms with van der Waals surface area (Å²) in [5.74, 6) is 0.738. The molecule has 6 heteroatoms. The van der Waals surface area contributed by atoms with Gasteiger partial charge in [-0.3, -0.25) is 9.69 Å².